The fourth-order valence-corrected chi connectivity index (χ4v) is 4.99. The molecule has 3 rings (SSSR count). The first-order valence-electron chi connectivity index (χ1n) is 9.48. The molecule has 1 heterocycles. The lowest BCUT2D eigenvalue weighted by Crippen LogP contribution is -2.53. The predicted octanol–water partition coefficient (Wildman–Crippen LogP) is 0.565. The molecule has 0 radical (unpaired) electrons. The van der Waals surface area contributed by atoms with Gasteiger partial charge in [0.25, 0.3) is 0 Å². The Morgan fingerprint density at radius 3 is 2.31 bits per heavy atom. The Labute approximate surface area is 170 Å². The quantitative estimate of drug-likeness (QED) is 0.711. The lowest BCUT2D eigenvalue weighted by Gasteiger charge is -2.32. The van der Waals surface area contributed by atoms with E-state index in [9.17, 15) is 23.1 Å². The largest absolute Gasteiger partial charge is 0.548 e. The van der Waals surface area contributed by atoms with Crippen LogP contribution in [0.15, 0.2) is 65.6 Å². The molecule has 0 aromatic heterocycles. The van der Waals surface area contributed by atoms with Gasteiger partial charge < -0.3 is 15.2 Å². The van der Waals surface area contributed by atoms with Gasteiger partial charge in [-0.05, 0) is 37.0 Å². The lowest BCUT2D eigenvalue weighted by atomic mass is 9.97. The van der Waals surface area contributed by atoms with Gasteiger partial charge in [0.2, 0.25) is 15.9 Å². The summed E-state index contributed by atoms with van der Waals surface area (Å²) in [6, 6.07) is 15.8. The third kappa shape index (κ3) is 5.21. The van der Waals surface area contributed by atoms with Gasteiger partial charge in [0.05, 0.1) is 22.8 Å². The van der Waals surface area contributed by atoms with E-state index in [2.05, 4.69) is 5.32 Å². The highest BCUT2D eigenvalue weighted by atomic mass is 32.2. The van der Waals surface area contributed by atoms with Gasteiger partial charge in [-0.25, -0.2) is 8.42 Å². The number of carbonyl (C=O) groups is 2. The summed E-state index contributed by atoms with van der Waals surface area (Å²) < 4.78 is 26.9. The highest BCUT2D eigenvalue weighted by molar-refractivity contribution is 7.89. The summed E-state index contributed by atoms with van der Waals surface area (Å²) in [4.78, 5) is 24.4. The molecule has 1 N–H and O–H groups in total. The molecule has 1 saturated heterocycles. The number of carboxylic acids is 1. The predicted molar refractivity (Wildman–Crippen MR) is 105 cm³/mol. The van der Waals surface area contributed by atoms with Gasteiger partial charge in [-0.2, -0.15) is 4.31 Å². The van der Waals surface area contributed by atoms with E-state index in [-0.39, 0.29) is 17.9 Å². The van der Waals surface area contributed by atoms with Gasteiger partial charge in [0, 0.05) is 13.1 Å². The molecule has 2 atom stereocenters. The van der Waals surface area contributed by atoms with E-state index in [1.165, 1.54) is 16.4 Å². The summed E-state index contributed by atoms with van der Waals surface area (Å²) in [5.74, 6) is -2.45. The van der Waals surface area contributed by atoms with Crippen LogP contribution in [0.3, 0.4) is 0 Å². The molecule has 1 fully saturated rings. The Hall–Kier alpha value is -2.71. The molecular formula is C21H23N2O5S-. The van der Waals surface area contributed by atoms with Gasteiger partial charge >= 0.3 is 0 Å². The highest BCUT2D eigenvalue weighted by Crippen LogP contribution is 2.24. The van der Waals surface area contributed by atoms with Gasteiger partial charge in [-0.15, -0.1) is 0 Å². The maximum atomic E-state index is 12.8. The summed E-state index contributed by atoms with van der Waals surface area (Å²) in [7, 11) is -3.70. The van der Waals surface area contributed by atoms with E-state index in [1.807, 2.05) is 6.07 Å². The van der Waals surface area contributed by atoms with E-state index in [1.54, 1.807) is 42.5 Å². The first-order valence-corrected chi connectivity index (χ1v) is 10.9. The van der Waals surface area contributed by atoms with E-state index >= 15 is 0 Å². The third-order valence-electron chi connectivity index (χ3n) is 5.02. The number of carbonyl (C=O) groups excluding carboxylic acids is 2. The maximum Gasteiger partial charge on any atom is 0.243 e. The summed E-state index contributed by atoms with van der Waals surface area (Å²) >= 11 is 0. The number of rotatable bonds is 7. The standard InChI is InChI=1S/C21H24N2O5S/c24-20(22-19(21(25)26)14-16-8-3-1-4-9-16)17-10-7-13-23(15-17)29(27,28)18-11-5-2-6-12-18/h1-6,8-9,11-12,17,19H,7,10,13-15H2,(H,22,24)(H,25,26)/p-1/t17-,19+/m1/s1. The highest BCUT2D eigenvalue weighted by Gasteiger charge is 2.34. The van der Waals surface area contributed by atoms with Crippen molar-refractivity contribution in [2.75, 3.05) is 13.1 Å². The Morgan fingerprint density at radius 1 is 1.07 bits per heavy atom. The van der Waals surface area contributed by atoms with E-state index in [4.69, 9.17) is 0 Å². The zero-order valence-electron chi connectivity index (χ0n) is 15.9. The molecule has 0 bridgehead atoms. The van der Waals surface area contributed by atoms with Gasteiger partial charge in [0.1, 0.15) is 0 Å². The van der Waals surface area contributed by atoms with Crippen molar-refractivity contribution in [1.29, 1.82) is 0 Å². The number of hydrogen-bond donors (Lipinski definition) is 1. The van der Waals surface area contributed by atoms with Crippen molar-refractivity contribution in [3.05, 3.63) is 66.2 Å². The molecule has 1 aliphatic rings. The number of carboxylic acid groups (broad SMARTS) is 1. The Balaban J connectivity index is 1.68. The van der Waals surface area contributed by atoms with Crippen LogP contribution in [0, 0.1) is 5.92 Å². The molecule has 1 amide bonds. The van der Waals surface area contributed by atoms with Crippen molar-refractivity contribution < 1.29 is 23.1 Å². The SMILES string of the molecule is O=C(N[C@@H](Cc1ccccc1)C(=O)[O-])[C@@H]1CCCN(S(=O)(=O)c2ccccc2)C1. The third-order valence-corrected chi connectivity index (χ3v) is 6.90. The first kappa shape index (κ1) is 21.0. The molecule has 1 aliphatic heterocycles. The fraction of sp³-hybridized carbons (Fsp3) is 0.333. The Morgan fingerprint density at radius 2 is 1.69 bits per heavy atom. The van der Waals surface area contributed by atoms with Crippen molar-refractivity contribution in [2.45, 2.75) is 30.2 Å². The van der Waals surface area contributed by atoms with Gasteiger partial charge in [-0.1, -0.05) is 48.5 Å². The second-order valence-electron chi connectivity index (χ2n) is 7.09. The van der Waals surface area contributed by atoms with Gasteiger partial charge in [-0.3, -0.25) is 4.79 Å². The molecule has 0 spiro atoms. The first-order chi connectivity index (χ1) is 13.9. The summed E-state index contributed by atoms with van der Waals surface area (Å²) in [6.45, 7) is 0.350. The summed E-state index contributed by atoms with van der Waals surface area (Å²) in [5.41, 5.74) is 0.763. The summed E-state index contributed by atoms with van der Waals surface area (Å²) in [5, 5.41) is 14.0. The van der Waals surface area contributed by atoms with Crippen LogP contribution in [0.5, 0.6) is 0 Å². The molecule has 2 aromatic rings. The van der Waals surface area contributed by atoms with Crippen LogP contribution in [0.4, 0.5) is 0 Å². The number of sulfonamides is 1. The molecule has 7 nitrogen and oxygen atoms in total. The second kappa shape index (κ2) is 9.19. The fourth-order valence-electron chi connectivity index (χ4n) is 3.45. The van der Waals surface area contributed by atoms with Gasteiger partial charge in [0.15, 0.2) is 0 Å². The second-order valence-corrected chi connectivity index (χ2v) is 9.02. The Kier molecular flexibility index (Phi) is 6.66. The minimum absolute atomic E-state index is 0.0220. The van der Waals surface area contributed by atoms with Crippen molar-refractivity contribution in [1.82, 2.24) is 9.62 Å². The number of piperidine rings is 1. The molecule has 29 heavy (non-hydrogen) atoms. The van der Waals surface area contributed by atoms with Crippen LogP contribution < -0.4 is 10.4 Å². The smallest absolute Gasteiger partial charge is 0.243 e. The zero-order valence-corrected chi connectivity index (χ0v) is 16.7. The van der Waals surface area contributed by atoms with E-state index in [0.717, 1.165) is 5.56 Å². The van der Waals surface area contributed by atoms with Crippen molar-refractivity contribution in [2.24, 2.45) is 5.92 Å². The van der Waals surface area contributed by atoms with E-state index < -0.39 is 33.9 Å². The number of nitrogens with one attached hydrogen (secondary N) is 1. The normalized spacial score (nSPS) is 18.7. The van der Waals surface area contributed by atoms with Crippen molar-refractivity contribution in [3.63, 3.8) is 0 Å². The molecule has 154 valence electrons. The molecule has 2 aromatic carbocycles. The average Bonchev–Trinajstić information content (AvgIpc) is 2.74. The maximum absolute atomic E-state index is 12.8. The van der Waals surface area contributed by atoms with Crippen LogP contribution >= 0.6 is 0 Å². The molecule has 8 heteroatoms. The Bertz CT molecular complexity index is 948. The molecule has 0 aliphatic carbocycles. The summed E-state index contributed by atoms with van der Waals surface area (Å²) in [6.07, 6.45) is 1.13. The number of benzene rings is 2. The number of nitrogens with zero attached hydrogens (tertiary/aromatic N) is 1. The topological polar surface area (TPSA) is 107 Å². The molecular weight excluding hydrogens is 392 g/mol. The number of aliphatic carboxylic acids is 1. The molecule has 0 unspecified atom stereocenters. The van der Waals surface area contributed by atoms with Crippen LogP contribution in [-0.2, 0) is 26.0 Å². The van der Waals surface area contributed by atoms with Crippen LogP contribution in [0.25, 0.3) is 0 Å². The van der Waals surface area contributed by atoms with Crippen molar-refractivity contribution >= 4 is 21.9 Å². The average molecular weight is 415 g/mol. The van der Waals surface area contributed by atoms with E-state index in [0.29, 0.717) is 19.4 Å². The number of hydrogen-bond acceptors (Lipinski definition) is 5. The van der Waals surface area contributed by atoms with Crippen LogP contribution in [-0.4, -0.2) is 43.7 Å². The van der Waals surface area contributed by atoms with Crippen molar-refractivity contribution in [3.8, 4) is 0 Å². The lowest BCUT2D eigenvalue weighted by molar-refractivity contribution is -0.308. The minimum Gasteiger partial charge on any atom is -0.548 e. The number of amides is 1. The monoisotopic (exact) mass is 415 g/mol. The van der Waals surface area contributed by atoms with Crippen LogP contribution in [0.2, 0.25) is 0 Å². The molecule has 0 saturated carbocycles. The van der Waals surface area contributed by atoms with Crippen LogP contribution in [0.1, 0.15) is 18.4 Å². The minimum atomic E-state index is -3.70. The zero-order chi connectivity index (χ0) is 20.9.